The number of fused-ring (bicyclic) bond motifs is 1. The first kappa shape index (κ1) is 18.7. The number of aromatic nitrogens is 1. The van der Waals surface area contributed by atoms with Crippen LogP contribution in [0.1, 0.15) is 55.7 Å². The van der Waals surface area contributed by atoms with Gasteiger partial charge < -0.3 is 9.88 Å². The first-order chi connectivity index (χ1) is 12.8. The van der Waals surface area contributed by atoms with Crippen molar-refractivity contribution in [2.75, 3.05) is 6.54 Å². The molecule has 0 saturated heterocycles. The van der Waals surface area contributed by atoms with Gasteiger partial charge in [0.05, 0.1) is 0 Å². The molecule has 3 aromatic rings. The first-order valence-corrected chi connectivity index (χ1v) is 10.1. The largest absolute Gasteiger partial charge is 0.343 e. The van der Waals surface area contributed by atoms with E-state index in [0.717, 1.165) is 19.6 Å². The molecule has 0 bridgehead atoms. The molecule has 0 aliphatic heterocycles. The molecule has 1 heterocycles. The van der Waals surface area contributed by atoms with Crippen LogP contribution in [0.15, 0.2) is 54.7 Å². The Hall–Kier alpha value is -2.06. The van der Waals surface area contributed by atoms with Gasteiger partial charge in [-0.3, -0.25) is 0 Å². The molecular formula is C24H32N2. The van der Waals surface area contributed by atoms with Crippen LogP contribution in [-0.4, -0.2) is 11.1 Å². The van der Waals surface area contributed by atoms with Crippen molar-refractivity contribution < 1.29 is 0 Å². The Morgan fingerprint density at radius 1 is 0.885 bits per heavy atom. The van der Waals surface area contributed by atoms with Gasteiger partial charge in [-0.2, -0.15) is 0 Å². The van der Waals surface area contributed by atoms with Crippen LogP contribution in [0.4, 0.5) is 0 Å². The Balaban J connectivity index is 1.64. The van der Waals surface area contributed by atoms with Crippen LogP contribution in [-0.2, 0) is 13.1 Å². The molecule has 0 saturated carbocycles. The number of hydrogen-bond acceptors (Lipinski definition) is 1. The Labute approximate surface area is 158 Å². The maximum atomic E-state index is 3.64. The maximum absolute atomic E-state index is 3.64. The normalized spacial score (nSPS) is 11.3. The van der Waals surface area contributed by atoms with Crippen molar-refractivity contribution in [1.29, 1.82) is 0 Å². The van der Waals surface area contributed by atoms with Gasteiger partial charge in [0.1, 0.15) is 0 Å². The summed E-state index contributed by atoms with van der Waals surface area (Å²) in [6.07, 6.45) is 9.00. The van der Waals surface area contributed by atoms with E-state index in [2.05, 4.69) is 78.5 Å². The summed E-state index contributed by atoms with van der Waals surface area (Å²) >= 11 is 0. The van der Waals surface area contributed by atoms with Crippen LogP contribution in [0.5, 0.6) is 0 Å². The van der Waals surface area contributed by atoms with E-state index < -0.39 is 0 Å². The van der Waals surface area contributed by atoms with Gasteiger partial charge in [0.2, 0.25) is 0 Å². The summed E-state index contributed by atoms with van der Waals surface area (Å²) in [7, 11) is 0. The van der Waals surface area contributed by atoms with E-state index in [1.807, 2.05) is 0 Å². The summed E-state index contributed by atoms with van der Waals surface area (Å²) in [4.78, 5) is 0. The first-order valence-electron chi connectivity index (χ1n) is 10.1. The number of nitrogens with zero attached hydrogens (tertiary/aromatic N) is 1. The zero-order valence-corrected chi connectivity index (χ0v) is 16.3. The predicted octanol–water partition coefficient (Wildman–Crippen LogP) is 6.06. The van der Waals surface area contributed by atoms with Crippen molar-refractivity contribution in [3.8, 4) is 0 Å². The predicted molar refractivity (Wildman–Crippen MR) is 113 cm³/mol. The lowest BCUT2D eigenvalue weighted by Gasteiger charge is -2.06. The van der Waals surface area contributed by atoms with Crippen LogP contribution < -0.4 is 5.32 Å². The molecule has 0 fully saturated rings. The van der Waals surface area contributed by atoms with E-state index in [9.17, 15) is 0 Å². The van der Waals surface area contributed by atoms with Crippen molar-refractivity contribution >= 4 is 10.9 Å². The molecule has 1 N–H and O–H groups in total. The molecule has 138 valence electrons. The molecule has 0 aliphatic carbocycles. The molecule has 2 aromatic carbocycles. The monoisotopic (exact) mass is 348 g/mol. The highest BCUT2D eigenvalue weighted by molar-refractivity contribution is 5.84. The highest BCUT2D eigenvalue weighted by Crippen LogP contribution is 2.22. The molecule has 1 aromatic heterocycles. The quantitative estimate of drug-likeness (QED) is 0.441. The number of rotatable bonds is 10. The van der Waals surface area contributed by atoms with Crippen LogP contribution in [0.3, 0.4) is 0 Å². The maximum Gasteiger partial charge on any atom is 0.0486 e. The highest BCUT2D eigenvalue weighted by Gasteiger charge is 2.08. The molecule has 2 heteroatoms. The van der Waals surface area contributed by atoms with E-state index in [4.69, 9.17) is 0 Å². The Bertz CT molecular complexity index is 799. The van der Waals surface area contributed by atoms with Gasteiger partial charge in [-0.15, -0.1) is 0 Å². The Morgan fingerprint density at radius 2 is 1.65 bits per heavy atom. The molecular weight excluding hydrogens is 316 g/mol. The fourth-order valence-electron chi connectivity index (χ4n) is 3.56. The summed E-state index contributed by atoms with van der Waals surface area (Å²) in [6, 6.07) is 17.6. The van der Waals surface area contributed by atoms with Crippen LogP contribution >= 0.6 is 0 Å². The van der Waals surface area contributed by atoms with Gasteiger partial charge in [-0.1, -0.05) is 80.6 Å². The lowest BCUT2D eigenvalue weighted by atomic mass is 10.1. The minimum atomic E-state index is 0.928. The molecule has 26 heavy (non-hydrogen) atoms. The number of unbranched alkanes of at least 4 members (excludes halogenated alkanes) is 4. The van der Waals surface area contributed by atoms with E-state index in [1.165, 1.54) is 59.7 Å². The molecule has 0 aliphatic rings. The van der Waals surface area contributed by atoms with Crippen molar-refractivity contribution in [3.05, 3.63) is 71.4 Å². The summed E-state index contributed by atoms with van der Waals surface area (Å²) in [6.45, 7) is 7.40. The fraction of sp³-hybridized carbons (Fsp3) is 0.417. The molecule has 0 radical (unpaired) electrons. The van der Waals surface area contributed by atoms with E-state index in [-0.39, 0.29) is 0 Å². The number of benzene rings is 2. The summed E-state index contributed by atoms with van der Waals surface area (Å²) < 4.78 is 2.39. The smallest absolute Gasteiger partial charge is 0.0486 e. The third-order valence-corrected chi connectivity index (χ3v) is 5.12. The van der Waals surface area contributed by atoms with Gasteiger partial charge in [-0.05, 0) is 37.1 Å². The van der Waals surface area contributed by atoms with Crippen LogP contribution in [0, 0.1) is 6.92 Å². The minimum absolute atomic E-state index is 0.928. The summed E-state index contributed by atoms with van der Waals surface area (Å²) in [5, 5.41) is 5.02. The topological polar surface area (TPSA) is 17.0 Å². The van der Waals surface area contributed by atoms with Crippen molar-refractivity contribution in [2.45, 2.75) is 59.0 Å². The SMILES string of the molecule is CCCCCCCNCc1cn(Cc2ccc(C)cc2)c2ccccc12. The van der Waals surface area contributed by atoms with Crippen molar-refractivity contribution in [3.63, 3.8) is 0 Å². The number of aryl methyl sites for hydroxylation is 1. The molecule has 0 unspecified atom stereocenters. The van der Waals surface area contributed by atoms with Gasteiger partial charge in [-0.25, -0.2) is 0 Å². The second-order valence-corrected chi connectivity index (χ2v) is 7.38. The number of nitrogens with one attached hydrogen (secondary N) is 1. The summed E-state index contributed by atoms with van der Waals surface area (Å²) in [5.41, 5.74) is 5.40. The van der Waals surface area contributed by atoms with Gasteiger partial charge in [0.25, 0.3) is 0 Å². The van der Waals surface area contributed by atoms with Gasteiger partial charge in [0.15, 0.2) is 0 Å². The van der Waals surface area contributed by atoms with Crippen molar-refractivity contribution in [2.24, 2.45) is 0 Å². The second-order valence-electron chi connectivity index (χ2n) is 7.38. The van der Waals surface area contributed by atoms with E-state index in [0.29, 0.717) is 0 Å². The van der Waals surface area contributed by atoms with Crippen LogP contribution in [0.2, 0.25) is 0 Å². The second kappa shape index (κ2) is 9.59. The highest BCUT2D eigenvalue weighted by atomic mass is 15.0. The molecule has 2 nitrogen and oxygen atoms in total. The molecule has 0 atom stereocenters. The van der Waals surface area contributed by atoms with Gasteiger partial charge >= 0.3 is 0 Å². The lowest BCUT2D eigenvalue weighted by Crippen LogP contribution is -2.14. The number of hydrogen-bond donors (Lipinski definition) is 1. The fourth-order valence-corrected chi connectivity index (χ4v) is 3.56. The van der Waals surface area contributed by atoms with E-state index in [1.54, 1.807) is 0 Å². The number of para-hydroxylation sites is 1. The zero-order valence-electron chi connectivity index (χ0n) is 16.3. The molecule has 0 amide bonds. The average Bonchev–Trinajstić information content (AvgIpc) is 3.01. The Kier molecular flexibility index (Phi) is 6.90. The standard InChI is InChI=1S/C24H32N2/c1-3-4-5-6-9-16-25-17-22-19-26(24-11-8-7-10-23(22)24)18-21-14-12-20(2)13-15-21/h7-8,10-15,19,25H,3-6,9,16-18H2,1-2H3. The third-order valence-electron chi connectivity index (χ3n) is 5.12. The average molecular weight is 349 g/mol. The summed E-state index contributed by atoms with van der Waals surface area (Å²) in [5.74, 6) is 0. The third kappa shape index (κ3) is 4.98. The lowest BCUT2D eigenvalue weighted by molar-refractivity contribution is 0.584. The van der Waals surface area contributed by atoms with Crippen LogP contribution in [0.25, 0.3) is 10.9 Å². The Morgan fingerprint density at radius 3 is 2.46 bits per heavy atom. The van der Waals surface area contributed by atoms with Gasteiger partial charge in [0, 0.05) is 30.2 Å². The zero-order chi connectivity index (χ0) is 18.2. The van der Waals surface area contributed by atoms with E-state index >= 15 is 0 Å². The molecule has 3 rings (SSSR count). The minimum Gasteiger partial charge on any atom is -0.343 e. The van der Waals surface area contributed by atoms with Crippen molar-refractivity contribution in [1.82, 2.24) is 9.88 Å². The molecule has 0 spiro atoms.